The van der Waals surface area contributed by atoms with E-state index in [0.29, 0.717) is 11.1 Å². The first kappa shape index (κ1) is 19.8. The maximum Gasteiger partial charge on any atom is 0.276 e. The van der Waals surface area contributed by atoms with Crippen LogP contribution in [-0.2, 0) is 4.74 Å². The Bertz CT molecular complexity index is 928. The molecular weight excluding hydrogens is 388 g/mol. The standard InChI is InChI=1S/C21H24N4O3S/c1-25(2)16-8-4-14(5-9-16)19-22-12-18(27-19)13-29-21-24-23-20(28-21)15-6-10-17(26-3)11-7-15/h4-11,18-19,22H,12-13H2,1-3H3/p+1/t18-,19-/m0/s1. The molecule has 2 N–H and O–H groups in total. The number of thioether (sulfide) groups is 1. The molecule has 0 unspecified atom stereocenters. The number of anilines is 1. The lowest BCUT2D eigenvalue weighted by molar-refractivity contribution is -0.697. The number of nitrogens with zero attached hydrogens (tertiary/aromatic N) is 3. The Labute approximate surface area is 174 Å². The Balaban J connectivity index is 1.30. The van der Waals surface area contributed by atoms with E-state index in [9.17, 15) is 0 Å². The van der Waals surface area contributed by atoms with Crippen LogP contribution in [0.2, 0.25) is 0 Å². The van der Waals surface area contributed by atoms with Crippen LogP contribution in [0.1, 0.15) is 11.8 Å². The number of methoxy groups -OCH3 is 1. The summed E-state index contributed by atoms with van der Waals surface area (Å²) in [5, 5.41) is 11.1. The number of rotatable bonds is 7. The molecule has 8 heteroatoms. The summed E-state index contributed by atoms with van der Waals surface area (Å²) in [5.41, 5.74) is 3.24. The number of hydrogen-bond donors (Lipinski definition) is 1. The molecule has 2 atom stereocenters. The first-order valence-electron chi connectivity index (χ1n) is 9.49. The first-order chi connectivity index (χ1) is 14.1. The van der Waals surface area contributed by atoms with Crippen molar-refractivity contribution in [2.24, 2.45) is 0 Å². The minimum Gasteiger partial charge on any atom is -0.497 e. The van der Waals surface area contributed by atoms with Crippen molar-refractivity contribution in [3.05, 3.63) is 54.1 Å². The van der Waals surface area contributed by atoms with Gasteiger partial charge in [-0.25, -0.2) is 0 Å². The van der Waals surface area contributed by atoms with Gasteiger partial charge in [-0.2, -0.15) is 0 Å². The third kappa shape index (κ3) is 4.72. The van der Waals surface area contributed by atoms with E-state index in [1.165, 1.54) is 23.0 Å². The highest BCUT2D eigenvalue weighted by Gasteiger charge is 2.30. The number of hydrogen-bond acceptors (Lipinski definition) is 7. The average molecular weight is 414 g/mol. The van der Waals surface area contributed by atoms with Crippen LogP contribution in [0.3, 0.4) is 0 Å². The summed E-state index contributed by atoms with van der Waals surface area (Å²) >= 11 is 1.53. The molecule has 1 aliphatic rings. The summed E-state index contributed by atoms with van der Waals surface area (Å²) in [6.07, 6.45) is 0.171. The van der Waals surface area contributed by atoms with Gasteiger partial charge >= 0.3 is 0 Å². The van der Waals surface area contributed by atoms with Crippen molar-refractivity contribution < 1.29 is 19.2 Å². The van der Waals surface area contributed by atoms with Crippen LogP contribution in [0, 0.1) is 0 Å². The highest BCUT2D eigenvalue weighted by Crippen LogP contribution is 2.27. The fraction of sp³-hybridized carbons (Fsp3) is 0.333. The van der Waals surface area contributed by atoms with E-state index in [-0.39, 0.29) is 12.3 Å². The van der Waals surface area contributed by atoms with Gasteiger partial charge in [0.1, 0.15) is 18.4 Å². The van der Waals surface area contributed by atoms with E-state index >= 15 is 0 Å². The third-order valence-electron chi connectivity index (χ3n) is 4.83. The summed E-state index contributed by atoms with van der Waals surface area (Å²) in [7, 11) is 5.72. The van der Waals surface area contributed by atoms with Crippen LogP contribution in [0.5, 0.6) is 5.75 Å². The lowest BCUT2D eigenvalue weighted by atomic mass is 10.2. The Kier molecular flexibility index (Phi) is 6.03. The molecule has 0 saturated carbocycles. The monoisotopic (exact) mass is 413 g/mol. The van der Waals surface area contributed by atoms with Gasteiger partial charge in [0.05, 0.1) is 7.11 Å². The van der Waals surface area contributed by atoms with Crippen molar-refractivity contribution in [1.29, 1.82) is 0 Å². The normalized spacial score (nSPS) is 18.7. The highest BCUT2D eigenvalue weighted by molar-refractivity contribution is 7.99. The van der Waals surface area contributed by atoms with Gasteiger partial charge in [-0.05, 0) is 48.5 Å². The third-order valence-corrected chi connectivity index (χ3v) is 5.78. The number of nitrogens with two attached hydrogens (primary N) is 1. The van der Waals surface area contributed by atoms with Crippen molar-refractivity contribution in [3.8, 4) is 17.2 Å². The fourth-order valence-corrected chi connectivity index (χ4v) is 3.94. The summed E-state index contributed by atoms with van der Waals surface area (Å²) in [5.74, 6) is 2.07. The molecule has 1 saturated heterocycles. The molecular formula is C21H25N4O3S+. The zero-order chi connectivity index (χ0) is 20.2. The van der Waals surface area contributed by atoms with Gasteiger partial charge < -0.3 is 24.1 Å². The van der Waals surface area contributed by atoms with E-state index in [4.69, 9.17) is 13.9 Å². The molecule has 0 amide bonds. The first-order valence-corrected chi connectivity index (χ1v) is 10.5. The van der Waals surface area contributed by atoms with E-state index in [1.54, 1.807) is 7.11 Å². The molecule has 0 bridgehead atoms. The van der Waals surface area contributed by atoms with E-state index in [2.05, 4.69) is 44.7 Å². The second-order valence-corrected chi connectivity index (χ2v) is 8.02. The topological polar surface area (TPSA) is 77.2 Å². The minimum absolute atomic E-state index is 0.0364. The van der Waals surface area contributed by atoms with Gasteiger partial charge in [-0.15, -0.1) is 10.2 Å². The van der Waals surface area contributed by atoms with Crippen LogP contribution in [0.25, 0.3) is 11.5 Å². The Morgan fingerprint density at radius 1 is 1.10 bits per heavy atom. The number of ether oxygens (including phenoxy) is 2. The summed E-state index contributed by atoms with van der Waals surface area (Å²) in [4.78, 5) is 2.09. The second-order valence-electron chi connectivity index (χ2n) is 7.05. The molecule has 152 valence electrons. The predicted octanol–water partition coefficient (Wildman–Crippen LogP) is 2.56. The number of aromatic nitrogens is 2. The van der Waals surface area contributed by atoms with Crippen LogP contribution >= 0.6 is 11.8 Å². The SMILES string of the molecule is COc1ccc(-c2nnc(SC[C@@H]3C[NH2+][C@H](c4ccc(N(C)C)cc4)O3)o2)cc1. The molecule has 0 radical (unpaired) electrons. The summed E-state index contributed by atoms with van der Waals surface area (Å²) < 4.78 is 17.1. The molecule has 29 heavy (non-hydrogen) atoms. The average Bonchev–Trinajstić information content (AvgIpc) is 3.42. The van der Waals surface area contributed by atoms with Gasteiger partial charge in [0.25, 0.3) is 5.22 Å². The van der Waals surface area contributed by atoms with Crippen LogP contribution < -0.4 is 15.0 Å². The zero-order valence-electron chi connectivity index (χ0n) is 16.7. The van der Waals surface area contributed by atoms with Gasteiger partial charge in [-0.3, -0.25) is 0 Å². The second kappa shape index (κ2) is 8.86. The number of benzene rings is 2. The maximum atomic E-state index is 6.19. The number of quaternary nitrogens is 1. The van der Waals surface area contributed by atoms with Gasteiger partial charge in [0.2, 0.25) is 12.1 Å². The molecule has 4 rings (SSSR count). The van der Waals surface area contributed by atoms with Crippen LogP contribution in [0.4, 0.5) is 5.69 Å². The van der Waals surface area contributed by atoms with Gasteiger partial charge in [0.15, 0.2) is 0 Å². The molecule has 7 nitrogen and oxygen atoms in total. The van der Waals surface area contributed by atoms with Gasteiger partial charge in [0, 0.05) is 36.7 Å². The molecule has 0 aliphatic carbocycles. The quantitative estimate of drug-likeness (QED) is 0.597. The largest absolute Gasteiger partial charge is 0.497 e. The van der Waals surface area contributed by atoms with Crippen molar-refractivity contribution in [3.63, 3.8) is 0 Å². The van der Waals surface area contributed by atoms with Crippen molar-refractivity contribution in [1.82, 2.24) is 10.2 Å². The Morgan fingerprint density at radius 3 is 2.55 bits per heavy atom. The van der Waals surface area contributed by atoms with Crippen LogP contribution in [-0.4, -0.2) is 49.8 Å². The fourth-order valence-electron chi connectivity index (χ4n) is 3.16. The summed E-state index contributed by atoms with van der Waals surface area (Å²) in [6.45, 7) is 0.909. The van der Waals surface area contributed by atoms with E-state index < -0.39 is 0 Å². The van der Waals surface area contributed by atoms with E-state index in [1.807, 2.05) is 38.4 Å². The molecule has 1 fully saturated rings. The lowest BCUT2D eigenvalue weighted by Crippen LogP contribution is -2.82. The molecule has 3 aromatic rings. The van der Waals surface area contributed by atoms with Crippen molar-refractivity contribution in [2.75, 3.05) is 38.4 Å². The lowest BCUT2D eigenvalue weighted by Gasteiger charge is -2.14. The smallest absolute Gasteiger partial charge is 0.276 e. The maximum absolute atomic E-state index is 6.19. The zero-order valence-corrected chi connectivity index (χ0v) is 17.6. The van der Waals surface area contributed by atoms with Gasteiger partial charge in [-0.1, -0.05) is 11.8 Å². The Morgan fingerprint density at radius 2 is 1.86 bits per heavy atom. The predicted molar refractivity (Wildman–Crippen MR) is 112 cm³/mol. The molecule has 1 aliphatic heterocycles. The Hall–Kier alpha value is -2.55. The molecule has 1 aromatic heterocycles. The molecule has 2 aromatic carbocycles. The highest BCUT2D eigenvalue weighted by atomic mass is 32.2. The minimum atomic E-state index is 0.0364. The molecule has 0 spiro atoms. The van der Waals surface area contributed by atoms with Crippen molar-refractivity contribution in [2.45, 2.75) is 17.6 Å². The summed E-state index contributed by atoms with van der Waals surface area (Å²) in [6, 6.07) is 16.1. The molecule has 2 heterocycles. The van der Waals surface area contributed by atoms with Crippen molar-refractivity contribution >= 4 is 17.4 Å². The van der Waals surface area contributed by atoms with Crippen LogP contribution in [0.15, 0.2) is 58.2 Å². The van der Waals surface area contributed by atoms with E-state index in [0.717, 1.165) is 23.6 Å².